The minimum absolute atomic E-state index is 0. The van der Waals surface area contributed by atoms with Crippen molar-refractivity contribution in [3.05, 3.63) is 35.7 Å². The highest BCUT2D eigenvalue weighted by Crippen LogP contribution is 2.31. The van der Waals surface area contributed by atoms with E-state index in [1.807, 2.05) is 0 Å². The van der Waals surface area contributed by atoms with Crippen LogP contribution in [-0.4, -0.2) is 28.6 Å². The molecule has 0 aliphatic heterocycles. The smallest absolute Gasteiger partial charge is 0.259 e. The van der Waals surface area contributed by atoms with Crippen LogP contribution in [0, 0.1) is 5.92 Å². The van der Waals surface area contributed by atoms with Crippen LogP contribution in [0.3, 0.4) is 0 Å². The molecule has 8 heteroatoms. The fourth-order valence-electron chi connectivity index (χ4n) is 3.14. The van der Waals surface area contributed by atoms with Gasteiger partial charge in [0.25, 0.3) is 11.6 Å². The first-order valence-corrected chi connectivity index (χ1v) is 9.04. The maximum absolute atomic E-state index is 12.9. The number of carbonyl (C=O) groups excluding carboxylic acids is 1. The number of furan rings is 1. The largest absolute Gasteiger partial charge is 0.463 e. The second-order valence-electron chi connectivity index (χ2n) is 6.80. The Morgan fingerprint density at radius 2 is 2.26 bits per heavy atom. The summed E-state index contributed by atoms with van der Waals surface area (Å²) in [7, 11) is 0. The lowest BCUT2D eigenvalue weighted by Crippen LogP contribution is -2.38. The van der Waals surface area contributed by atoms with E-state index in [4.69, 9.17) is 14.7 Å². The highest BCUT2D eigenvalue weighted by atomic mass is 35.5. The lowest BCUT2D eigenvalue weighted by atomic mass is 10.1. The van der Waals surface area contributed by atoms with Gasteiger partial charge in [-0.3, -0.25) is 4.79 Å². The van der Waals surface area contributed by atoms with Gasteiger partial charge in [0.2, 0.25) is 0 Å². The van der Waals surface area contributed by atoms with Crippen molar-refractivity contribution in [1.82, 2.24) is 15.5 Å². The van der Waals surface area contributed by atoms with Crippen molar-refractivity contribution in [2.24, 2.45) is 11.7 Å². The second kappa shape index (κ2) is 8.10. The number of aryl methyl sites for hydroxylation is 1. The molecule has 0 bridgehead atoms. The highest BCUT2D eigenvalue weighted by molar-refractivity contribution is 6.07. The average molecular weight is 391 g/mol. The monoisotopic (exact) mass is 390 g/mol. The van der Waals surface area contributed by atoms with Gasteiger partial charge in [-0.1, -0.05) is 18.5 Å². The fraction of sp³-hybridized carbons (Fsp3) is 0.421. The van der Waals surface area contributed by atoms with Gasteiger partial charge >= 0.3 is 0 Å². The molecular formula is C19H23ClN4O3. The molecule has 1 amide bonds. The Labute approximate surface area is 163 Å². The Bertz CT molecular complexity index is 919. The molecule has 3 aromatic rings. The van der Waals surface area contributed by atoms with Crippen LogP contribution in [0.25, 0.3) is 22.6 Å². The zero-order chi connectivity index (χ0) is 18.1. The molecule has 1 fully saturated rings. The van der Waals surface area contributed by atoms with Gasteiger partial charge in [0.15, 0.2) is 5.76 Å². The first-order chi connectivity index (χ1) is 12.7. The highest BCUT2D eigenvalue weighted by Gasteiger charge is 2.29. The van der Waals surface area contributed by atoms with Crippen LogP contribution >= 0.6 is 12.4 Å². The van der Waals surface area contributed by atoms with E-state index in [-0.39, 0.29) is 24.4 Å². The van der Waals surface area contributed by atoms with Crippen LogP contribution in [0.1, 0.15) is 42.2 Å². The molecule has 0 saturated heterocycles. The van der Waals surface area contributed by atoms with Crippen molar-refractivity contribution >= 4 is 29.4 Å². The first-order valence-electron chi connectivity index (χ1n) is 9.04. The first kappa shape index (κ1) is 19.4. The maximum atomic E-state index is 12.9. The van der Waals surface area contributed by atoms with Crippen LogP contribution in [0.5, 0.6) is 0 Å². The summed E-state index contributed by atoms with van der Waals surface area (Å²) in [5.74, 6) is 0.906. The van der Waals surface area contributed by atoms with E-state index < -0.39 is 0 Å². The van der Waals surface area contributed by atoms with E-state index in [9.17, 15) is 4.79 Å². The molecule has 0 radical (unpaired) electrons. The molecule has 1 saturated carbocycles. The number of nitrogens with one attached hydrogen (secondary N) is 1. The molecule has 144 valence electrons. The van der Waals surface area contributed by atoms with Crippen molar-refractivity contribution in [2.75, 3.05) is 6.54 Å². The third kappa shape index (κ3) is 3.99. The van der Waals surface area contributed by atoms with Gasteiger partial charge in [-0.05, 0) is 43.4 Å². The average Bonchev–Trinajstić information content (AvgIpc) is 3.20. The van der Waals surface area contributed by atoms with E-state index in [1.54, 1.807) is 24.5 Å². The van der Waals surface area contributed by atoms with Gasteiger partial charge in [-0.15, -0.1) is 12.4 Å². The third-order valence-electron chi connectivity index (χ3n) is 4.75. The van der Waals surface area contributed by atoms with Crippen molar-refractivity contribution < 1.29 is 13.7 Å². The summed E-state index contributed by atoms with van der Waals surface area (Å²) in [4.78, 5) is 17.4. The topological polar surface area (TPSA) is 107 Å². The van der Waals surface area contributed by atoms with Crippen LogP contribution in [0.2, 0.25) is 0 Å². The van der Waals surface area contributed by atoms with E-state index in [2.05, 4.69) is 22.4 Å². The SMILES string of the molecule is CCCc1noc2nc(-c3ccco3)cc(C(=O)NCC(N)C3CC3)c12.Cl. The quantitative estimate of drug-likeness (QED) is 0.640. The predicted octanol–water partition coefficient (Wildman–Crippen LogP) is 3.32. The molecule has 7 nitrogen and oxygen atoms in total. The molecule has 0 aromatic carbocycles. The Morgan fingerprint density at radius 3 is 2.93 bits per heavy atom. The molecule has 4 rings (SSSR count). The number of halogens is 1. The number of nitrogens with zero attached hydrogens (tertiary/aromatic N) is 2. The molecule has 27 heavy (non-hydrogen) atoms. The number of hydrogen-bond acceptors (Lipinski definition) is 6. The number of hydrogen-bond donors (Lipinski definition) is 2. The number of nitrogens with two attached hydrogens (primary N) is 1. The van der Waals surface area contributed by atoms with Crippen LogP contribution < -0.4 is 11.1 Å². The van der Waals surface area contributed by atoms with Crippen molar-refractivity contribution in [3.63, 3.8) is 0 Å². The van der Waals surface area contributed by atoms with E-state index >= 15 is 0 Å². The van der Waals surface area contributed by atoms with Gasteiger partial charge in [0.1, 0.15) is 5.69 Å². The molecule has 1 atom stereocenters. The summed E-state index contributed by atoms with van der Waals surface area (Å²) in [6.45, 7) is 2.51. The molecule has 3 heterocycles. The molecule has 3 N–H and O–H groups in total. The van der Waals surface area contributed by atoms with E-state index in [0.717, 1.165) is 31.4 Å². The van der Waals surface area contributed by atoms with Gasteiger partial charge in [-0.2, -0.15) is 0 Å². The fourth-order valence-corrected chi connectivity index (χ4v) is 3.14. The molecule has 3 aromatic heterocycles. The van der Waals surface area contributed by atoms with Crippen molar-refractivity contribution in [2.45, 2.75) is 38.6 Å². The lowest BCUT2D eigenvalue weighted by Gasteiger charge is -2.12. The number of fused-ring (bicyclic) bond motifs is 1. The zero-order valence-corrected chi connectivity index (χ0v) is 15.9. The Hall–Kier alpha value is -2.38. The lowest BCUT2D eigenvalue weighted by molar-refractivity contribution is 0.0952. The van der Waals surface area contributed by atoms with Crippen molar-refractivity contribution in [3.8, 4) is 11.5 Å². The summed E-state index contributed by atoms with van der Waals surface area (Å²) in [5.41, 5.74) is 8.24. The van der Waals surface area contributed by atoms with E-state index in [0.29, 0.717) is 40.6 Å². The Morgan fingerprint density at radius 1 is 1.44 bits per heavy atom. The Kier molecular flexibility index (Phi) is 5.82. The number of pyridine rings is 1. The number of rotatable bonds is 7. The molecule has 1 aliphatic rings. The zero-order valence-electron chi connectivity index (χ0n) is 15.1. The minimum Gasteiger partial charge on any atom is -0.463 e. The van der Waals surface area contributed by atoms with Crippen LogP contribution in [0.15, 0.2) is 33.4 Å². The van der Waals surface area contributed by atoms with Crippen LogP contribution in [0.4, 0.5) is 0 Å². The molecular weight excluding hydrogens is 368 g/mol. The van der Waals surface area contributed by atoms with Gasteiger partial charge in [-0.25, -0.2) is 4.98 Å². The third-order valence-corrected chi connectivity index (χ3v) is 4.75. The summed E-state index contributed by atoms with van der Waals surface area (Å²) in [6.07, 6.45) is 5.47. The minimum atomic E-state index is -0.193. The summed E-state index contributed by atoms with van der Waals surface area (Å²) >= 11 is 0. The number of aromatic nitrogens is 2. The molecule has 1 aliphatic carbocycles. The second-order valence-corrected chi connectivity index (χ2v) is 6.80. The number of carbonyl (C=O) groups is 1. The molecule has 1 unspecified atom stereocenters. The van der Waals surface area contributed by atoms with Gasteiger partial charge in [0.05, 0.1) is 22.9 Å². The standard InChI is InChI=1S/C19H22N4O3.ClH/c1-2-4-14-17-12(18(24)21-10-13(20)11-6-7-11)9-15(16-5-3-8-25-16)22-19(17)26-23-14;/h3,5,8-9,11,13H,2,4,6-7,10,20H2,1H3,(H,21,24);1H. The summed E-state index contributed by atoms with van der Waals surface area (Å²) in [5, 5.41) is 7.73. The molecule has 0 spiro atoms. The normalized spacial score (nSPS) is 14.7. The maximum Gasteiger partial charge on any atom is 0.259 e. The Balaban J connectivity index is 0.00000210. The van der Waals surface area contributed by atoms with E-state index in [1.165, 1.54) is 0 Å². The van der Waals surface area contributed by atoms with Gasteiger partial charge in [0, 0.05) is 12.6 Å². The predicted molar refractivity (Wildman–Crippen MR) is 104 cm³/mol. The van der Waals surface area contributed by atoms with Crippen LogP contribution in [-0.2, 0) is 6.42 Å². The summed E-state index contributed by atoms with van der Waals surface area (Å²) < 4.78 is 10.8. The summed E-state index contributed by atoms with van der Waals surface area (Å²) in [6, 6.07) is 5.30. The van der Waals surface area contributed by atoms with Gasteiger partial charge < -0.3 is 20.0 Å². The number of amides is 1. The van der Waals surface area contributed by atoms with Crippen molar-refractivity contribution in [1.29, 1.82) is 0 Å².